The lowest BCUT2D eigenvalue weighted by Gasteiger charge is -2.17. The molecule has 0 aliphatic heterocycles. The number of hydrogen-bond acceptors (Lipinski definition) is 5. The average molecular weight is 434 g/mol. The number of anilines is 1. The van der Waals surface area contributed by atoms with E-state index in [1.54, 1.807) is 20.8 Å². The van der Waals surface area contributed by atoms with E-state index in [9.17, 15) is 15.1 Å². The molecule has 0 atom stereocenters. The van der Waals surface area contributed by atoms with Gasteiger partial charge in [-0.3, -0.25) is 4.79 Å². The molecule has 0 bridgehead atoms. The predicted molar refractivity (Wildman–Crippen MR) is 122 cm³/mol. The molecule has 0 saturated carbocycles. The number of rotatable bonds is 7. The lowest BCUT2D eigenvalue weighted by molar-refractivity contribution is -0.150. The molecule has 0 aliphatic rings. The van der Waals surface area contributed by atoms with Gasteiger partial charge in [0.1, 0.15) is 10.5 Å². The molecule has 1 N–H and O–H groups in total. The Morgan fingerprint density at radius 2 is 1.65 bits per heavy atom. The monoisotopic (exact) mass is 433 g/mol. The molecule has 1 heterocycles. The van der Waals surface area contributed by atoms with E-state index in [4.69, 9.17) is 4.74 Å². The van der Waals surface area contributed by atoms with Gasteiger partial charge in [0.05, 0.1) is 5.69 Å². The average Bonchev–Trinajstić information content (AvgIpc) is 3.17. The zero-order valence-corrected chi connectivity index (χ0v) is 18.4. The van der Waals surface area contributed by atoms with Gasteiger partial charge in [0.15, 0.2) is 0 Å². The minimum Gasteiger partial charge on any atom is -0.451 e. The molecule has 158 valence electrons. The minimum absolute atomic E-state index is 0.272. The third-order valence-corrected chi connectivity index (χ3v) is 5.41. The van der Waals surface area contributed by atoms with Crippen molar-refractivity contribution < 1.29 is 19.1 Å². The Morgan fingerprint density at radius 3 is 2.23 bits per heavy atom. The molecule has 7 heteroatoms. The first kappa shape index (κ1) is 22.2. The van der Waals surface area contributed by atoms with Crippen LogP contribution < -0.4 is 5.32 Å². The van der Waals surface area contributed by atoms with E-state index in [-0.39, 0.29) is 4.88 Å². The van der Waals surface area contributed by atoms with E-state index in [0.717, 1.165) is 16.0 Å². The number of benzene rings is 2. The molecule has 0 spiro atoms. The highest BCUT2D eigenvalue weighted by Crippen LogP contribution is 2.35. The second kappa shape index (κ2) is 9.51. The number of Topliss-reactive ketones (excluding diaryl/α,β-unsaturated/α-hetero) is 1. The summed E-state index contributed by atoms with van der Waals surface area (Å²) in [5, 5.41) is 3.27. The molecule has 0 aliphatic carbocycles. The summed E-state index contributed by atoms with van der Waals surface area (Å²) < 4.78 is 5.23. The van der Waals surface area contributed by atoms with Crippen molar-refractivity contribution in [2.75, 3.05) is 5.32 Å². The Kier molecular flexibility index (Phi) is 6.80. The second-order valence-electron chi connectivity index (χ2n) is 7.84. The van der Waals surface area contributed by atoms with Gasteiger partial charge in [-0.05, 0) is 38.0 Å². The first-order valence-electron chi connectivity index (χ1n) is 9.75. The second-order valence-corrected chi connectivity index (χ2v) is 8.89. The fourth-order valence-electron chi connectivity index (χ4n) is 2.84. The highest BCUT2D eigenvalue weighted by Gasteiger charge is 2.37. The van der Waals surface area contributed by atoms with Crippen LogP contribution in [0, 0.1) is 0 Å². The van der Waals surface area contributed by atoms with Crippen LogP contribution in [0.1, 0.15) is 36.0 Å². The van der Waals surface area contributed by atoms with Gasteiger partial charge in [0.2, 0.25) is 0 Å². The van der Waals surface area contributed by atoms with E-state index in [2.05, 4.69) is 10.1 Å². The van der Waals surface area contributed by atoms with Gasteiger partial charge in [-0.25, -0.2) is 4.79 Å². The molecular formula is C24H23N3O3S. The number of carbonyl (C=O) groups is 2. The van der Waals surface area contributed by atoms with Crippen molar-refractivity contribution in [1.82, 2.24) is 0 Å². The molecule has 31 heavy (non-hydrogen) atoms. The highest BCUT2D eigenvalue weighted by atomic mass is 32.1. The smallest absolute Gasteiger partial charge is 0.447 e. The number of carbonyl (C=O) groups excluding carboxylic acids is 2. The molecule has 1 aromatic heterocycles. The fourth-order valence-corrected chi connectivity index (χ4v) is 3.92. The SMILES string of the molecule is CC(C)(C)OC(=O)C(=[N+]=[N-])C(=O)c1sc(-c2ccccc2)cc1NCc1ccccc1. The molecule has 3 aromatic rings. The van der Waals surface area contributed by atoms with Gasteiger partial charge < -0.3 is 15.6 Å². The topological polar surface area (TPSA) is 91.8 Å². The molecule has 0 saturated heterocycles. The first-order valence-corrected chi connectivity index (χ1v) is 10.6. The summed E-state index contributed by atoms with van der Waals surface area (Å²) in [4.78, 5) is 29.7. The summed E-state index contributed by atoms with van der Waals surface area (Å²) in [5.41, 5.74) is 10.5. The number of nitrogens with zero attached hydrogens (tertiary/aromatic N) is 2. The van der Waals surface area contributed by atoms with Crippen LogP contribution in [0.5, 0.6) is 0 Å². The lowest BCUT2D eigenvalue weighted by atomic mass is 10.1. The Labute approximate surface area is 185 Å². The lowest BCUT2D eigenvalue weighted by Crippen LogP contribution is -2.33. The zero-order chi connectivity index (χ0) is 22.4. The van der Waals surface area contributed by atoms with Crippen molar-refractivity contribution in [3.8, 4) is 10.4 Å². The maximum atomic E-state index is 13.2. The summed E-state index contributed by atoms with van der Waals surface area (Å²) in [6.45, 7) is 5.52. The van der Waals surface area contributed by atoms with E-state index in [1.165, 1.54) is 11.3 Å². The van der Waals surface area contributed by atoms with Gasteiger partial charge in [-0.2, -0.15) is 4.79 Å². The summed E-state index contributed by atoms with van der Waals surface area (Å²) in [6, 6.07) is 21.2. The summed E-state index contributed by atoms with van der Waals surface area (Å²) in [5.74, 6) is -1.66. The van der Waals surface area contributed by atoms with Crippen molar-refractivity contribution >= 4 is 34.5 Å². The summed E-state index contributed by atoms with van der Waals surface area (Å²) in [6.07, 6.45) is 0. The Balaban J connectivity index is 1.96. The third-order valence-electron chi connectivity index (χ3n) is 4.23. The number of esters is 1. The van der Waals surface area contributed by atoms with Crippen LogP contribution in [0.25, 0.3) is 16.0 Å². The number of nitrogens with one attached hydrogen (secondary N) is 1. The third kappa shape index (κ3) is 5.75. The Morgan fingerprint density at radius 1 is 1.03 bits per heavy atom. The number of hydrogen-bond donors (Lipinski definition) is 1. The van der Waals surface area contributed by atoms with Crippen LogP contribution in [0.3, 0.4) is 0 Å². The minimum atomic E-state index is -0.969. The van der Waals surface area contributed by atoms with Gasteiger partial charge in [0, 0.05) is 11.4 Å². The Bertz CT molecular complexity index is 1130. The fraction of sp³-hybridized carbons (Fsp3) is 0.208. The van der Waals surface area contributed by atoms with Crippen LogP contribution in [0.2, 0.25) is 0 Å². The number of ether oxygens (including phenoxy) is 1. The Hall–Kier alpha value is -3.54. The van der Waals surface area contributed by atoms with Crippen molar-refractivity contribution in [1.29, 1.82) is 0 Å². The van der Waals surface area contributed by atoms with Crippen molar-refractivity contribution in [3.05, 3.63) is 82.7 Å². The van der Waals surface area contributed by atoms with Crippen LogP contribution in [0.4, 0.5) is 5.69 Å². The molecule has 0 radical (unpaired) electrons. The quantitative estimate of drug-likeness (QED) is 0.138. The van der Waals surface area contributed by atoms with E-state index < -0.39 is 23.1 Å². The number of thiophene rings is 1. The largest absolute Gasteiger partial charge is 0.451 e. The number of ketones is 1. The molecule has 0 unspecified atom stereocenters. The van der Waals surface area contributed by atoms with Crippen molar-refractivity contribution in [2.45, 2.75) is 32.9 Å². The van der Waals surface area contributed by atoms with Crippen molar-refractivity contribution in [2.24, 2.45) is 0 Å². The summed E-state index contributed by atoms with van der Waals surface area (Å²) >= 11 is 1.22. The van der Waals surface area contributed by atoms with Gasteiger partial charge in [-0.15, -0.1) is 11.3 Å². The van der Waals surface area contributed by atoms with Gasteiger partial charge >= 0.3 is 11.7 Å². The normalized spacial score (nSPS) is 10.8. The van der Waals surface area contributed by atoms with E-state index in [0.29, 0.717) is 12.2 Å². The molecule has 0 fully saturated rings. The first-order chi connectivity index (χ1) is 14.8. The molecule has 0 amide bonds. The molecular weight excluding hydrogens is 410 g/mol. The summed E-state index contributed by atoms with van der Waals surface area (Å²) in [7, 11) is 0. The van der Waals surface area contributed by atoms with E-state index in [1.807, 2.05) is 66.7 Å². The maximum absolute atomic E-state index is 13.2. The van der Waals surface area contributed by atoms with Crippen LogP contribution >= 0.6 is 11.3 Å². The van der Waals surface area contributed by atoms with Crippen LogP contribution in [0.15, 0.2) is 66.7 Å². The molecule has 2 aromatic carbocycles. The molecule has 3 rings (SSSR count). The maximum Gasteiger partial charge on any atom is 0.447 e. The predicted octanol–water partition coefficient (Wildman–Crippen LogP) is 5.22. The van der Waals surface area contributed by atoms with Crippen LogP contribution in [-0.2, 0) is 16.1 Å². The highest BCUT2D eigenvalue weighted by molar-refractivity contribution is 7.19. The molecule has 6 nitrogen and oxygen atoms in total. The van der Waals surface area contributed by atoms with E-state index >= 15 is 0 Å². The van der Waals surface area contributed by atoms with Gasteiger partial charge in [0.25, 0.3) is 5.78 Å². The van der Waals surface area contributed by atoms with Crippen molar-refractivity contribution in [3.63, 3.8) is 0 Å². The van der Waals surface area contributed by atoms with Crippen LogP contribution in [-0.4, -0.2) is 27.9 Å². The zero-order valence-electron chi connectivity index (χ0n) is 17.6. The van der Waals surface area contributed by atoms with Gasteiger partial charge in [-0.1, -0.05) is 60.7 Å². The standard InChI is InChI=1S/C24H23N3O3S/c1-24(2,3)30-23(29)20(27-25)21(28)22-18(26-15-16-10-6-4-7-11-16)14-19(31-22)17-12-8-5-9-13-17/h4-14,26H,15H2,1-3H3.